The van der Waals surface area contributed by atoms with Gasteiger partial charge in [0.15, 0.2) is 0 Å². The van der Waals surface area contributed by atoms with Gasteiger partial charge in [-0.15, -0.1) is 11.3 Å². The highest BCUT2D eigenvalue weighted by Gasteiger charge is 2.20. The van der Waals surface area contributed by atoms with E-state index in [1.807, 2.05) is 11.3 Å². The molecule has 0 amide bonds. The van der Waals surface area contributed by atoms with Crippen molar-refractivity contribution in [3.63, 3.8) is 0 Å². The summed E-state index contributed by atoms with van der Waals surface area (Å²) in [6, 6.07) is 64.6. The van der Waals surface area contributed by atoms with Crippen LogP contribution in [0.25, 0.3) is 74.4 Å². The summed E-state index contributed by atoms with van der Waals surface area (Å²) in [4.78, 5) is 2.48. The first-order valence-corrected chi connectivity index (χ1v) is 17.2. The molecule has 0 fully saturated rings. The summed E-state index contributed by atoms with van der Waals surface area (Å²) in [5.74, 6) is 0. The molecule has 224 valence electrons. The van der Waals surface area contributed by atoms with Crippen LogP contribution in [0.3, 0.4) is 0 Å². The average molecular weight is 628 g/mol. The maximum Gasteiger partial charge on any atom is 0.0552 e. The number of benzene rings is 9. The molecule has 1 nitrogen and oxygen atoms in total. The molecule has 10 aromatic rings. The van der Waals surface area contributed by atoms with E-state index in [1.165, 1.54) is 80.1 Å². The molecule has 9 aromatic carbocycles. The maximum atomic E-state index is 2.48. The van der Waals surface area contributed by atoms with Crippen molar-refractivity contribution in [1.29, 1.82) is 0 Å². The number of hydrogen-bond donors (Lipinski definition) is 0. The van der Waals surface area contributed by atoms with Crippen LogP contribution in [0.4, 0.5) is 17.1 Å². The van der Waals surface area contributed by atoms with Crippen molar-refractivity contribution in [2.45, 2.75) is 0 Å². The van der Waals surface area contributed by atoms with Crippen LogP contribution in [0.5, 0.6) is 0 Å². The molecule has 2 heteroatoms. The van der Waals surface area contributed by atoms with Crippen molar-refractivity contribution in [2.75, 3.05) is 4.90 Å². The Kier molecular flexibility index (Phi) is 6.12. The van der Waals surface area contributed by atoms with Gasteiger partial charge in [0.2, 0.25) is 0 Å². The lowest BCUT2D eigenvalue weighted by Gasteiger charge is -2.28. The van der Waals surface area contributed by atoms with Crippen LogP contribution >= 0.6 is 11.3 Å². The first kappa shape index (κ1) is 27.2. The quantitative estimate of drug-likeness (QED) is 0.176. The Bertz CT molecular complexity index is 2830. The lowest BCUT2D eigenvalue weighted by atomic mass is 9.94. The van der Waals surface area contributed by atoms with Crippen LogP contribution in [0.2, 0.25) is 0 Å². The zero-order valence-electron chi connectivity index (χ0n) is 26.1. The molecule has 0 bridgehead atoms. The number of rotatable bonds is 4. The lowest BCUT2D eigenvalue weighted by Crippen LogP contribution is -2.11. The zero-order chi connectivity index (χ0) is 31.6. The second-order valence-corrected chi connectivity index (χ2v) is 13.6. The Morgan fingerprint density at radius 3 is 1.69 bits per heavy atom. The number of hydrogen-bond acceptors (Lipinski definition) is 2. The molecule has 1 heterocycles. The van der Waals surface area contributed by atoms with Gasteiger partial charge in [-0.05, 0) is 91.3 Å². The number of fused-ring (bicyclic) bond motifs is 10. The number of anilines is 3. The molecular formula is C46H29NS. The Morgan fingerprint density at radius 2 is 0.917 bits per heavy atom. The van der Waals surface area contributed by atoms with Gasteiger partial charge in [-0.1, -0.05) is 133 Å². The molecule has 0 N–H and O–H groups in total. The first-order chi connectivity index (χ1) is 23.8. The third-order valence-electron chi connectivity index (χ3n) is 9.80. The molecule has 1 aromatic heterocycles. The van der Waals surface area contributed by atoms with Crippen LogP contribution in [-0.2, 0) is 0 Å². The lowest BCUT2D eigenvalue weighted by molar-refractivity contribution is 1.31. The van der Waals surface area contributed by atoms with Gasteiger partial charge in [0.25, 0.3) is 0 Å². The Labute approximate surface area is 282 Å². The van der Waals surface area contributed by atoms with Crippen molar-refractivity contribution >= 4 is 91.7 Å². The summed E-state index contributed by atoms with van der Waals surface area (Å²) in [7, 11) is 0. The summed E-state index contributed by atoms with van der Waals surface area (Å²) in [6.45, 7) is 0. The molecule has 0 unspecified atom stereocenters. The average Bonchev–Trinajstić information content (AvgIpc) is 3.54. The standard InChI is InChI=1S/C46H29NS/c1-2-10-30(11-3-1)31-18-22-35(23-19-31)47(36-24-27-43-41(29-36)46-39-17-9-5-13-33(39)21-26-44(46)48-43)42-28-34-14-6-7-15-37(34)40-25-20-32-12-4-8-16-38(32)45(40)42/h1-29H. The molecule has 0 radical (unpaired) electrons. The van der Waals surface area contributed by atoms with E-state index in [9.17, 15) is 0 Å². The molecule has 48 heavy (non-hydrogen) atoms. The van der Waals surface area contributed by atoms with E-state index < -0.39 is 0 Å². The summed E-state index contributed by atoms with van der Waals surface area (Å²) < 4.78 is 2.63. The highest BCUT2D eigenvalue weighted by Crippen LogP contribution is 2.47. The van der Waals surface area contributed by atoms with Crippen molar-refractivity contribution < 1.29 is 0 Å². The topological polar surface area (TPSA) is 3.24 Å². The summed E-state index contributed by atoms with van der Waals surface area (Å²) in [5, 5.41) is 12.7. The van der Waals surface area contributed by atoms with Crippen LogP contribution in [0.15, 0.2) is 176 Å². The molecule has 0 aliphatic rings. The van der Waals surface area contributed by atoms with Crippen LogP contribution in [0.1, 0.15) is 0 Å². The van der Waals surface area contributed by atoms with Gasteiger partial charge in [-0.25, -0.2) is 0 Å². The summed E-state index contributed by atoms with van der Waals surface area (Å²) >= 11 is 1.88. The maximum absolute atomic E-state index is 2.48. The fourth-order valence-electron chi connectivity index (χ4n) is 7.57. The predicted octanol–water partition coefficient (Wildman–Crippen LogP) is 13.8. The number of thiophene rings is 1. The number of nitrogens with zero attached hydrogens (tertiary/aromatic N) is 1. The molecular weight excluding hydrogens is 599 g/mol. The third kappa shape index (κ3) is 4.24. The van der Waals surface area contributed by atoms with E-state index in [4.69, 9.17) is 0 Å². The summed E-state index contributed by atoms with van der Waals surface area (Å²) in [5.41, 5.74) is 5.88. The van der Waals surface area contributed by atoms with Crippen molar-refractivity contribution in [2.24, 2.45) is 0 Å². The largest absolute Gasteiger partial charge is 0.310 e. The molecule has 0 aliphatic heterocycles. The zero-order valence-corrected chi connectivity index (χ0v) is 26.9. The molecule has 0 saturated heterocycles. The van der Waals surface area contributed by atoms with Gasteiger partial charge in [0, 0.05) is 36.9 Å². The van der Waals surface area contributed by atoms with E-state index in [-0.39, 0.29) is 0 Å². The van der Waals surface area contributed by atoms with E-state index >= 15 is 0 Å². The fraction of sp³-hybridized carbons (Fsp3) is 0. The third-order valence-corrected chi connectivity index (χ3v) is 10.9. The second kappa shape index (κ2) is 10.8. The Balaban J connectivity index is 1.30. The first-order valence-electron chi connectivity index (χ1n) is 16.4. The SMILES string of the molecule is c1ccc(-c2ccc(N(c3ccc4sc5ccc6ccccc6c5c4c3)c3cc4ccccc4c4ccc5ccccc5c34)cc2)cc1. The minimum atomic E-state index is 1.13. The van der Waals surface area contributed by atoms with E-state index in [0.717, 1.165) is 11.4 Å². The smallest absolute Gasteiger partial charge is 0.0552 e. The van der Waals surface area contributed by atoms with Gasteiger partial charge in [-0.3, -0.25) is 0 Å². The fourth-order valence-corrected chi connectivity index (χ4v) is 8.67. The summed E-state index contributed by atoms with van der Waals surface area (Å²) in [6.07, 6.45) is 0. The minimum absolute atomic E-state index is 1.13. The molecule has 0 aliphatic carbocycles. The highest BCUT2D eigenvalue weighted by molar-refractivity contribution is 7.26. The molecule has 0 atom stereocenters. The van der Waals surface area contributed by atoms with Gasteiger partial charge in [-0.2, -0.15) is 0 Å². The minimum Gasteiger partial charge on any atom is -0.310 e. The Morgan fingerprint density at radius 1 is 0.333 bits per heavy atom. The van der Waals surface area contributed by atoms with Gasteiger partial charge < -0.3 is 4.90 Å². The van der Waals surface area contributed by atoms with E-state index in [0.29, 0.717) is 0 Å². The molecule has 0 spiro atoms. The Hall–Kier alpha value is -5.96. The van der Waals surface area contributed by atoms with Gasteiger partial charge in [0.05, 0.1) is 5.69 Å². The van der Waals surface area contributed by atoms with E-state index in [1.54, 1.807) is 0 Å². The van der Waals surface area contributed by atoms with Crippen molar-refractivity contribution in [3.8, 4) is 11.1 Å². The molecule has 10 rings (SSSR count). The van der Waals surface area contributed by atoms with Crippen molar-refractivity contribution in [1.82, 2.24) is 0 Å². The normalized spacial score (nSPS) is 11.8. The van der Waals surface area contributed by atoms with Crippen LogP contribution < -0.4 is 4.90 Å². The van der Waals surface area contributed by atoms with Gasteiger partial charge >= 0.3 is 0 Å². The monoisotopic (exact) mass is 627 g/mol. The predicted molar refractivity (Wildman–Crippen MR) is 209 cm³/mol. The van der Waals surface area contributed by atoms with Crippen LogP contribution in [0, 0.1) is 0 Å². The van der Waals surface area contributed by atoms with Gasteiger partial charge in [0.1, 0.15) is 0 Å². The van der Waals surface area contributed by atoms with E-state index in [2.05, 4.69) is 181 Å². The second-order valence-electron chi connectivity index (χ2n) is 12.5. The highest BCUT2D eigenvalue weighted by atomic mass is 32.1. The van der Waals surface area contributed by atoms with Crippen molar-refractivity contribution in [3.05, 3.63) is 176 Å². The van der Waals surface area contributed by atoms with Crippen LogP contribution in [-0.4, -0.2) is 0 Å². The molecule has 0 saturated carbocycles.